The van der Waals surface area contributed by atoms with E-state index in [9.17, 15) is 19.6 Å². The second kappa shape index (κ2) is 5.81. The van der Waals surface area contributed by atoms with E-state index >= 15 is 0 Å². The molecular weight excluding hydrogens is 309 g/mol. The van der Waals surface area contributed by atoms with Gasteiger partial charge in [-0.2, -0.15) is 4.98 Å². The average molecular weight is 323 g/mol. The summed E-state index contributed by atoms with van der Waals surface area (Å²) in [6, 6.07) is 1.29. The minimum Gasteiger partial charge on any atom is -0.387 e. The van der Waals surface area contributed by atoms with Crippen LogP contribution in [-0.2, 0) is 13.8 Å². The molecule has 21 heavy (non-hydrogen) atoms. The van der Waals surface area contributed by atoms with Gasteiger partial charge in [-0.05, 0) is 6.07 Å². The van der Waals surface area contributed by atoms with Gasteiger partial charge in [0, 0.05) is 6.20 Å². The highest BCUT2D eigenvalue weighted by Crippen LogP contribution is 2.38. The lowest BCUT2D eigenvalue weighted by molar-refractivity contribution is -0.0542. The van der Waals surface area contributed by atoms with E-state index in [1.54, 1.807) is 0 Å². The molecule has 1 aliphatic rings. The Hall–Kier alpha value is -1.33. The SMILES string of the molecule is Nc1ccn(C2O[C@H](COP(=O)(O)O)[C@@H](O)[C@H]2O)c(=O)n1. The molecule has 0 amide bonds. The lowest BCUT2D eigenvalue weighted by Crippen LogP contribution is -2.36. The van der Waals surface area contributed by atoms with E-state index in [4.69, 9.17) is 20.3 Å². The summed E-state index contributed by atoms with van der Waals surface area (Å²) in [6.07, 6.45) is -4.27. The van der Waals surface area contributed by atoms with Crippen molar-refractivity contribution in [3.8, 4) is 0 Å². The van der Waals surface area contributed by atoms with Crippen molar-refractivity contribution < 1.29 is 33.8 Å². The van der Waals surface area contributed by atoms with Crippen LogP contribution in [0.1, 0.15) is 6.23 Å². The van der Waals surface area contributed by atoms with Gasteiger partial charge in [0.2, 0.25) is 0 Å². The number of hydrogen-bond donors (Lipinski definition) is 5. The standard InChI is InChI=1S/C9H14N3O8P/c10-5-1-2-12(9(15)11-5)8-7(14)6(13)4(20-8)3-19-21(16,17)18/h1-2,4,6-8,13-14H,3H2,(H2,10,11,15)(H2,16,17,18)/t4-,6-,7-,8?/m1/s1. The molecule has 0 spiro atoms. The summed E-state index contributed by atoms with van der Waals surface area (Å²) < 4.78 is 20.9. The zero-order chi connectivity index (χ0) is 15.8. The van der Waals surface area contributed by atoms with Gasteiger partial charge in [0.1, 0.15) is 24.1 Å². The van der Waals surface area contributed by atoms with E-state index < -0.39 is 44.7 Å². The Morgan fingerprint density at radius 2 is 2.10 bits per heavy atom. The first-order valence-corrected chi connectivity index (χ1v) is 7.28. The Kier molecular flexibility index (Phi) is 4.44. The molecule has 1 saturated heterocycles. The molecule has 0 saturated carbocycles. The Labute approximate surface area is 117 Å². The van der Waals surface area contributed by atoms with Crippen LogP contribution in [0.3, 0.4) is 0 Å². The highest BCUT2D eigenvalue weighted by Gasteiger charge is 2.44. The van der Waals surface area contributed by atoms with Crippen LogP contribution in [0.25, 0.3) is 0 Å². The fraction of sp³-hybridized carbons (Fsp3) is 0.556. The minimum absolute atomic E-state index is 0.0225. The summed E-state index contributed by atoms with van der Waals surface area (Å²) in [7, 11) is -4.74. The van der Waals surface area contributed by atoms with Crippen LogP contribution in [0.4, 0.5) is 5.82 Å². The van der Waals surface area contributed by atoms with Crippen molar-refractivity contribution in [3.05, 3.63) is 22.7 Å². The van der Waals surface area contributed by atoms with Gasteiger partial charge >= 0.3 is 13.5 Å². The van der Waals surface area contributed by atoms with Gasteiger partial charge in [-0.15, -0.1) is 0 Å². The van der Waals surface area contributed by atoms with Gasteiger partial charge in [0.15, 0.2) is 6.23 Å². The van der Waals surface area contributed by atoms with Crippen molar-refractivity contribution >= 4 is 13.6 Å². The maximum atomic E-state index is 11.6. The van der Waals surface area contributed by atoms with E-state index in [0.29, 0.717) is 0 Å². The zero-order valence-electron chi connectivity index (χ0n) is 10.5. The van der Waals surface area contributed by atoms with Crippen LogP contribution in [0.2, 0.25) is 0 Å². The molecule has 1 aromatic heterocycles. The Bertz CT molecular complexity index is 615. The lowest BCUT2D eigenvalue weighted by Gasteiger charge is -2.16. The molecule has 118 valence electrons. The van der Waals surface area contributed by atoms with Gasteiger partial charge in [-0.3, -0.25) is 9.09 Å². The van der Waals surface area contributed by atoms with Crippen LogP contribution in [0.5, 0.6) is 0 Å². The van der Waals surface area contributed by atoms with E-state index in [0.717, 1.165) is 4.57 Å². The monoisotopic (exact) mass is 323 g/mol. The number of nitrogens with two attached hydrogens (primary N) is 1. The highest BCUT2D eigenvalue weighted by atomic mass is 31.2. The maximum absolute atomic E-state index is 11.6. The van der Waals surface area contributed by atoms with Gasteiger partial charge in [-0.1, -0.05) is 0 Å². The van der Waals surface area contributed by atoms with Gasteiger partial charge in [0.25, 0.3) is 0 Å². The van der Waals surface area contributed by atoms with Crippen LogP contribution in [0, 0.1) is 0 Å². The molecule has 0 aromatic carbocycles. The summed E-state index contributed by atoms with van der Waals surface area (Å²) in [5.74, 6) is -0.0225. The number of hydrogen-bond acceptors (Lipinski definition) is 8. The number of phosphoric ester groups is 1. The fourth-order valence-corrected chi connectivity index (χ4v) is 2.23. The number of nitrogens with zero attached hydrogens (tertiary/aromatic N) is 2. The predicted octanol–water partition coefficient (Wildman–Crippen LogP) is -2.45. The molecule has 4 atom stereocenters. The molecule has 1 aliphatic heterocycles. The highest BCUT2D eigenvalue weighted by molar-refractivity contribution is 7.46. The van der Waals surface area contributed by atoms with Crippen molar-refractivity contribution in [2.24, 2.45) is 0 Å². The molecule has 0 bridgehead atoms. The van der Waals surface area contributed by atoms with Crippen molar-refractivity contribution in [1.29, 1.82) is 0 Å². The van der Waals surface area contributed by atoms with E-state index in [-0.39, 0.29) is 5.82 Å². The molecule has 2 rings (SSSR count). The molecule has 1 fully saturated rings. The Morgan fingerprint density at radius 3 is 2.67 bits per heavy atom. The first-order chi connectivity index (χ1) is 9.69. The maximum Gasteiger partial charge on any atom is 0.469 e. The molecule has 1 aromatic rings. The van der Waals surface area contributed by atoms with Crippen LogP contribution >= 0.6 is 7.82 Å². The number of rotatable bonds is 4. The normalized spacial score (nSPS) is 29.7. The number of aromatic nitrogens is 2. The molecule has 11 nitrogen and oxygen atoms in total. The van der Waals surface area contributed by atoms with Crippen molar-refractivity contribution in [2.45, 2.75) is 24.5 Å². The molecule has 1 unspecified atom stereocenters. The molecule has 0 aliphatic carbocycles. The summed E-state index contributed by atoms with van der Waals surface area (Å²) in [4.78, 5) is 32.3. The topological polar surface area (TPSA) is 177 Å². The third-order valence-electron chi connectivity index (χ3n) is 2.87. The van der Waals surface area contributed by atoms with E-state index in [1.165, 1.54) is 12.3 Å². The largest absolute Gasteiger partial charge is 0.469 e. The minimum atomic E-state index is -4.74. The van der Waals surface area contributed by atoms with Crippen LogP contribution in [-0.4, -0.2) is 54.5 Å². The molecule has 6 N–H and O–H groups in total. The fourth-order valence-electron chi connectivity index (χ4n) is 1.89. The number of nitrogen functional groups attached to an aromatic ring is 1. The third kappa shape index (κ3) is 3.66. The third-order valence-corrected chi connectivity index (χ3v) is 3.36. The quantitative estimate of drug-likeness (QED) is 0.374. The predicted molar refractivity (Wildman–Crippen MR) is 66.8 cm³/mol. The average Bonchev–Trinajstić information content (AvgIpc) is 2.64. The van der Waals surface area contributed by atoms with E-state index in [1.807, 2.05) is 0 Å². The summed E-state index contributed by atoms with van der Waals surface area (Å²) in [5.41, 5.74) is 4.52. The number of aliphatic hydroxyl groups is 2. The van der Waals surface area contributed by atoms with Crippen molar-refractivity contribution in [1.82, 2.24) is 9.55 Å². The summed E-state index contributed by atoms with van der Waals surface area (Å²) in [5, 5.41) is 19.6. The molecular formula is C9H14N3O8P. The lowest BCUT2D eigenvalue weighted by atomic mass is 10.1. The van der Waals surface area contributed by atoms with Gasteiger partial charge < -0.3 is 30.5 Å². The smallest absolute Gasteiger partial charge is 0.387 e. The van der Waals surface area contributed by atoms with Crippen LogP contribution in [0.15, 0.2) is 17.1 Å². The second-order valence-corrected chi connectivity index (χ2v) is 5.61. The van der Waals surface area contributed by atoms with Crippen LogP contribution < -0.4 is 11.4 Å². The van der Waals surface area contributed by atoms with E-state index in [2.05, 4.69) is 9.51 Å². The second-order valence-electron chi connectivity index (χ2n) is 4.37. The number of anilines is 1. The Morgan fingerprint density at radius 1 is 1.43 bits per heavy atom. The molecule has 12 heteroatoms. The number of aliphatic hydroxyl groups excluding tert-OH is 2. The van der Waals surface area contributed by atoms with Gasteiger partial charge in [-0.25, -0.2) is 9.36 Å². The zero-order valence-corrected chi connectivity index (χ0v) is 11.4. The number of phosphoric acid groups is 1. The summed E-state index contributed by atoms with van der Waals surface area (Å²) >= 11 is 0. The summed E-state index contributed by atoms with van der Waals surface area (Å²) in [6.45, 7) is -0.657. The van der Waals surface area contributed by atoms with Crippen molar-refractivity contribution in [2.75, 3.05) is 12.3 Å². The first kappa shape index (κ1) is 16.0. The Balaban J connectivity index is 2.16. The molecule has 0 radical (unpaired) electrons. The number of ether oxygens (including phenoxy) is 1. The van der Waals surface area contributed by atoms with Crippen molar-refractivity contribution in [3.63, 3.8) is 0 Å². The molecule has 2 heterocycles. The first-order valence-electron chi connectivity index (χ1n) is 5.75. The van der Waals surface area contributed by atoms with Gasteiger partial charge in [0.05, 0.1) is 6.61 Å².